The summed E-state index contributed by atoms with van der Waals surface area (Å²) in [5.74, 6) is -0.426. The van der Waals surface area contributed by atoms with E-state index in [2.05, 4.69) is 15.4 Å². The fourth-order valence-corrected chi connectivity index (χ4v) is 8.71. The van der Waals surface area contributed by atoms with Crippen molar-refractivity contribution in [1.82, 2.24) is 23.4 Å². The lowest BCUT2D eigenvalue weighted by atomic mass is 9.81. The Morgan fingerprint density at radius 1 is 0.872 bits per heavy atom. The molecule has 0 atom stereocenters. The molecule has 3 aliphatic heterocycles. The maximum absolute atomic E-state index is 14.1. The van der Waals surface area contributed by atoms with Crippen LogP contribution in [0.3, 0.4) is 0 Å². The molecule has 1 N–H and O–H groups in total. The first-order valence-electron chi connectivity index (χ1n) is 16.6. The highest BCUT2D eigenvalue weighted by Crippen LogP contribution is 2.46. The average molecular weight is 660 g/mol. The van der Waals surface area contributed by atoms with Crippen molar-refractivity contribution < 1.29 is 27.5 Å². The van der Waals surface area contributed by atoms with Gasteiger partial charge in [0.05, 0.1) is 25.5 Å². The number of hydrogen-bond acceptors (Lipinski definition) is 6. The predicted octanol–water partition coefficient (Wildman–Crippen LogP) is 3.75. The maximum atomic E-state index is 14.1. The summed E-state index contributed by atoms with van der Waals surface area (Å²) in [5.41, 5.74) is 5.96. The second-order valence-corrected chi connectivity index (χ2v) is 14.6. The Balaban J connectivity index is 1.31. The first-order valence-corrected chi connectivity index (χ1v) is 18.1. The van der Waals surface area contributed by atoms with Crippen LogP contribution in [0.4, 0.5) is 0 Å². The van der Waals surface area contributed by atoms with Gasteiger partial charge in [0, 0.05) is 73.8 Å². The van der Waals surface area contributed by atoms with Crippen LogP contribution in [0.15, 0.2) is 48.0 Å². The van der Waals surface area contributed by atoms with Crippen LogP contribution in [0.2, 0.25) is 0 Å². The summed E-state index contributed by atoms with van der Waals surface area (Å²) in [4.78, 5) is 43.1. The van der Waals surface area contributed by atoms with Gasteiger partial charge in [-0.1, -0.05) is 49.6 Å². The van der Waals surface area contributed by atoms with Gasteiger partial charge in [0.25, 0.3) is 11.8 Å². The topological polar surface area (TPSA) is 121 Å². The molecule has 0 spiro atoms. The molecule has 3 amide bonds. The van der Waals surface area contributed by atoms with Crippen LogP contribution >= 0.6 is 0 Å². The Bertz CT molecular complexity index is 1860. The molecule has 4 aliphatic rings. The first kappa shape index (κ1) is 31.6. The van der Waals surface area contributed by atoms with E-state index in [1.807, 2.05) is 35.2 Å². The molecule has 1 aromatic heterocycles. The molecule has 12 heteroatoms. The van der Waals surface area contributed by atoms with Crippen LogP contribution in [0, 0.1) is 0 Å². The largest absolute Gasteiger partial charge is 0.379 e. The van der Waals surface area contributed by atoms with Crippen molar-refractivity contribution in [2.24, 2.45) is 0 Å². The second kappa shape index (κ2) is 12.9. The van der Waals surface area contributed by atoms with Crippen molar-refractivity contribution >= 4 is 44.9 Å². The number of amides is 3. The number of piperazine rings is 1. The fourth-order valence-electron chi connectivity index (χ4n) is 7.60. The van der Waals surface area contributed by atoms with Crippen LogP contribution < -0.4 is 4.72 Å². The standard InChI is InChI=1S/C35H41N5O6S/c1-24(41)37-13-15-38(16-14-37)35(43)28-21-26-9-5-6-10-29(26)33-32(25-7-3-2-4-8-25)30-12-11-27(22-31(30)40(33)23-28)34(42)36-47(44,45)39-17-19-46-20-18-39/h5-6,9-12,21-22,25H,2-4,7-8,13-20,23H2,1H3,(H,36,42). The smallest absolute Gasteiger partial charge is 0.304 e. The van der Waals surface area contributed by atoms with Gasteiger partial charge in [0.1, 0.15) is 0 Å². The van der Waals surface area contributed by atoms with Gasteiger partial charge in [0.15, 0.2) is 0 Å². The molecule has 7 rings (SSSR count). The summed E-state index contributed by atoms with van der Waals surface area (Å²) >= 11 is 0. The zero-order valence-electron chi connectivity index (χ0n) is 26.7. The highest BCUT2D eigenvalue weighted by Gasteiger charge is 2.33. The summed E-state index contributed by atoms with van der Waals surface area (Å²) in [6.45, 7) is 4.72. The third-order valence-corrected chi connectivity index (χ3v) is 11.6. The van der Waals surface area contributed by atoms with Gasteiger partial charge in [-0.3, -0.25) is 14.4 Å². The minimum absolute atomic E-state index is 0.0102. The van der Waals surface area contributed by atoms with Crippen molar-refractivity contribution in [3.05, 3.63) is 64.7 Å². The summed E-state index contributed by atoms with van der Waals surface area (Å²) in [7, 11) is -4.04. The maximum Gasteiger partial charge on any atom is 0.304 e. The fraction of sp³-hybridized carbons (Fsp3) is 0.457. The number of carbonyl (C=O) groups excluding carboxylic acids is 3. The minimum atomic E-state index is -4.04. The van der Waals surface area contributed by atoms with E-state index < -0.39 is 16.1 Å². The number of morpholine rings is 1. The number of fused-ring (bicyclic) bond motifs is 5. The predicted molar refractivity (Wildman–Crippen MR) is 179 cm³/mol. The molecule has 2 aromatic carbocycles. The summed E-state index contributed by atoms with van der Waals surface area (Å²) in [5, 5.41) is 1.03. The van der Waals surface area contributed by atoms with Crippen LogP contribution in [-0.2, 0) is 31.1 Å². The average Bonchev–Trinajstić information content (AvgIpc) is 3.30. The lowest BCUT2D eigenvalue weighted by Crippen LogP contribution is -2.50. The van der Waals surface area contributed by atoms with Crippen molar-refractivity contribution in [2.75, 3.05) is 52.5 Å². The number of nitrogens with zero attached hydrogens (tertiary/aromatic N) is 4. The van der Waals surface area contributed by atoms with E-state index >= 15 is 0 Å². The van der Waals surface area contributed by atoms with Gasteiger partial charge in [-0.15, -0.1) is 0 Å². The summed E-state index contributed by atoms with van der Waals surface area (Å²) < 4.78 is 37.0. The van der Waals surface area contributed by atoms with E-state index in [-0.39, 0.29) is 43.7 Å². The lowest BCUT2D eigenvalue weighted by Gasteiger charge is -2.34. The summed E-state index contributed by atoms with van der Waals surface area (Å²) in [6.07, 6.45) is 7.62. The van der Waals surface area contributed by atoms with Gasteiger partial charge in [-0.25, -0.2) is 4.72 Å². The molecular weight excluding hydrogens is 618 g/mol. The minimum Gasteiger partial charge on any atom is -0.379 e. The highest BCUT2D eigenvalue weighted by atomic mass is 32.2. The normalized spacial score (nSPS) is 19.5. The highest BCUT2D eigenvalue weighted by molar-refractivity contribution is 7.87. The Morgan fingerprint density at radius 3 is 2.30 bits per heavy atom. The SMILES string of the molecule is CC(=O)N1CCN(C(=O)C2=Cc3ccccc3-c3c(C4CCCCC4)c4ccc(C(=O)NS(=O)(=O)N5CCOCC5)cc4n3C2)CC1. The van der Waals surface area contributed by atoms with Crippen LogP contribution in [0.5, 0.6) is 0 Å². The Morgan fingerprint density at radius 2 is 1.57 bits per heavy atom. The van der Waals surface area contributed by atoms with Crippen LogP contribution in [-0.4, -0.2) is 97.3 Å². The molecule has 0 bridgehead atoms. The Labute approximate surface area is 275 Å². The molecule has 0 unspecified atom stereocenters. The van der Waals surface area contributed by atoms with Crippen molar-refractivity contribution in [3.8, 4) is 11.3 Å². The van der Waals surface area contributed by atoms with E-state index in [0.717, 1.165) is 53.4 Å². The van der Waals surface area contributed by atoms with Crippen molar-refractivity contribution in [3.63, 3.8) is 0 Å². The zero-order chi connectivity index (χ0) is 32.7. The number of nitrogens with one attached hydrogen (secondary N) is 1. The molecule has 47 heavy (non-hydrogen) atoms. The molecule has 4 heterocycles. The lowest BCUT2D eigenvalue weighted by molar-refractivity contribution is -0.136. The van der Waals surface area contributed by atoms with Gasteiger partial charge >= 0.3 is 10.2 Å². The number of benzene rings is 2. The molecule has 1 aliphatic carbocycles. The third-order valence-electron chi connectivity index (χ3n) is 10.1. The van der Waals surface area contributed by atoms with Gasteiger partial charge in [-0.05, 0) is 48.1 Å². The molecular formula is C35H41N5O6S. The molecule has 11 nitrogen and oxygen atoms in total. The first-order chi connectivity index (χ1) is 22.7. The van der Waals surface area contributed by atoms with Gasteiger partial charge in [-0.2, -0.15) is 12.7 Å². The molecule has 1 saturated carbocycles. The number of aromatic nitrogens is 1. The Kier molecular flexibility index (Phi) is 8.67. The molecule has 2 saturated heterocycles. The molecule has 3 aromatic rings. The number of carbonyl (C=O) groups is 3. The second-order valence-electron chi connectivity index (χ2n) is 12.9. The zero-order valence-corrected chi connectivity index (χ0v) is 27.6. The van der Waals surface area contributed by atoms with Crippen molar-refractivity contribution in [1.29, 1.82) is 0 Å². The van der Waals surface area contributed by atoms with E-state index in [9.17, 15) is 22.8 Å². The van der Waals surface area contributed by atoms with Crippen molar-refractivity contribution in [2.45, 2.75) is 51.5 Å². The van der Waals surface area contributed by atoms with E-state index in [1.54, 1.807) is 24.0 Å². The van der Waals surface area contributed by atoms with Gasteiger partial charge in [0.2, 0.25) is 5.91 Å². The van der Waals surface area contributed by atoms with Gasteiger partial charge < -0.3 is 19.1 Å². The number of hydrogen-bond donors (Lipinski definition) is 1. The number of rotatable bonds is 5. The summed E-state index contributed by atoms with van der Waals surface area (Å²) in [6, 6.07) is 13.6. The van der Waals surface area contributed by atoms with Crippen LogP contribution in [0.25, 0.3) is 28.2 Å². The molecule has 0 radical (unpaired) electrons. The Hall–Kier alpha value is -4.00. The quantitative estimate of drug-likeness (QED) is 0.446. The monoisotopic (exact) mass is 659 g/mol. The van der Waals surface area contributed by atoms with E-state index in [0.29, 0.717) is 44.2 Å². The number of ether oxygens (including phenoxy) is 1. The third kappa shape index (κ3) is 6.10. The molecule has 3 fully saturated rings. The van der Waals surface area contributed by atoms with E-state index in [4.69, 9.17) is 4.74 Å². The van der Waals surface area contributed by atoms with Crippen LogP contribution in [0.1, 0.15) is 66.4 Å². The molecule has 248 valence electrons. The van der Waals surface area contributed by atoms with E-state index in [1.165, 1.54) is 16.3 Å².